The summed E-state index contributed by atoms with van der Waals surface area (Å²) in [6, 6.07) is 8.04. The number of likely N-dealkylation sites (N-methyl/N-ethyl adjacent to an activating group) is 2. The van der Waals surface area contributed by atoms with Crippen molar-refractivity contribution in [2.45, 2.75) is 16.2 Å². The summed E-state index contributed by atoms with van der Waals surface area (Å²) in [6.07, 6.45) is 5.01. The molecule has 1 aromatic heterocycles. The fourth-order valence-corrected chi connectivity index (χ4v) is 7.68. The number of nitrogens with zero attached hydrogens (tertiary/aromatic N) is 4. The van der Waals surface area contributed by atoms with Crippen molar-refractivity contribution < 1.29 is 14.0 Å². The Balaban J connectivity index is 1.85. The maximum atomic E-state index is 14.5. The molecule has 0 unspecified atom stereocenters. The number of thiocarbonyl (C=S) groups is 1. The summed E-state index contributed by atoms with van der Waals surface area (Å²) in [6.45, 7) is 4.41. The fraction of sp³-hybridized carbons (Fsp3) is 0.304. The maximum absolute atomic E-state index is 14.5. The third kappa shape index (κ3) is 2.39. The monoisotopic (exact) mass is 468 g/mol. The largest absolute Gasteiger partial charge is 0.313 e. The molecule has 2 aromatic rings. The lowest BCUT2D eigenvalue weighted by atomic mass is 9.72. The van der Waals surface area contributed by atoms with Gasteiger partial charge in [-0.15, -0.1) is 6.58 Å². The minimum atomic E-state index is -1.42. The second-order valence-corrected chi connectivity index (χ2v) is 10.1. The van der Waals surface area contributed by atoms with Gasteiger partial charge in [0.25, 0.3) is 5.91 Å². The number of thioether (sulfide) groups is 1. The van der Waals surface area contributed by atoms with E-state index in [-0.39, 0.29) is 18.4 Å². The number of carbonyl (C=O) groups excluding carboxylic acids is 2. The third-order valence-corrected chi connectivity index (χ3v) is 8.75. The van der Waals surface area contributed by atoms with E-state index >= 15 is 0 Å². The first-order valence-electron chi connectivity index (χ1n) is 10.2. The highest BCUT2D eigenvalue weighted by Gasteiger charge is 2.78. The molecule has 32 heavy (non-hydrogen) atoms. The van der Waals surface area contributed by atoms with E-state index in [0.29, 0.717) is 22.1 Å². The van der Waals surface area contributed by atoms with E-state index < -0.39 is 22.0 Å². The van der Waals surface area contributed by atoms with Gasteiger partial charge in [-0.3, -0.25) is 24.4 Å². The highest BCUT2D eigenvalue weighted by Crippen LogP contribution is 2.66. The molecule has 6 nitrogen and oxygen atoms in total. The number of likely N-dealkylation sites (tertiary alicyclic amines) is 1. The van der Waals surface area contributed by atoms with Crippen molar-refractivity contribution in [3.63, 3.8) is 0 Å². The maximum Gasteiger partial charge on any atom is 0.254 e. The Bertz CT molecular complexity index is 1180. The van der Waals surface area contributed by atoms with Gasteiger partial charge in [0.2, 0.25) is 5.91 Å². The molecule has 0 N–H and O–H groups in total. The summed E-state index contributed by atoms with van der Waals surface area (Å²) in [5.41, 5.74) is 0.501. The normalized spacial score (nSPS) is 29.6. The van der Waals surface area contributed by atoms with Crippen LogP contribution in [0.1, 0.15) is 17.0 Å². The molecule has 2 fully saturated rings. The van der Waals surface area contributed by atoms with Gasteiger partial charge in [0.15, 0.2) is 5.54 Å². The topological polar surface area (TPSA) is 56.8 Å². The number of fused-ring (bicyclic) bond motifs is 3. The molecule has 1 aromatic carbocycles. The molecule has 0 bridgehead atoms. The van der Waals surface area contributed by atoms with Crippen LogP contribution in [0.2, 0.25) is 0 Å². The van der Waals surface area contributed by atoms with Crippen LogP contribution in [-0.4, -0.2) is 62.9 Å². The van der Waals surface area contributed by atoms with Crippen LogP contribution >= 0.6 is 24.0 Å². The van der Waals surface area contributed by atoms with E-state index in [2.05, 4.69) is 11.6 Å². The Labute approximate surface area is 195 Å². The fourth-order valence-electron chi connectivity index (χ4n) is 5.54. The lowest BCUT2D eigenvalue weighted by Gasteiger charge is -2.42. The number of rotatable bonds is 3. The minimum absolute atomic E-state index is 0.242. The van der Waals surface area contributed by atoms with Crippen LogP contribution in [-0.2, 0) is 15.1 Å². The Kier molecular flexibility index (Phi) is 4.77. The number of amides is 2. The molecular weight excluding hydrogens is 447 g/mol. The Morgan fingerprint density at radius 2 is 2.09 bits per heavy atom. The second kappa shape index (κ2) is 7.19. The van der Waals surface area contributed by atoms with Crippen LogP contribution in [0, 0.1) is 5.82 Å². The molecule has 3 atom stereocenters. The number of benzene rings is 1. The van der Waals surface area contributed by atoms with Gasteiger partial charge >= 0.3 is 0 Å². The smallest absolute Gasteiger partial charge is 0.254 e. The van der Waals surface area contributed by atoms with Gasteiger partial charge in [0, 0.05) is 49.7 Å². The molecule has 0 radical (unpaired) electrons. The molecule has 3 aliphatic heterocycles. The summed E-state index contributed by atoms with van der Waals surface area (Å²) in [7, 11) is 3.48. The molecule has 2 amide bonds. The number of hydrogen-bond acceptors (Lipinski definition) is 6. The number of hydrogen-bond donors (Lipinski definition) is 0. The van der Waals surface area contributed by atoms with Gasteiger partial charge < -0.3 is 4.90 Å². The summed E-state index contributed by atoms with van der Waals surface area (Å²) >= 11 is 6.86. The molecular formula is C23H21FN4O2S2. The van der Waals surface area contributed by atoms with Crippen molar-refractivity contribution >= 4 is 45.8 Å². The number of carbonyl (C=O) groups is 2. The standard InChI is InChI=1S/C23H21FN4O2S2/c1-4-10-28-20(30)23(32-21(28)31)17(14-6-5-9-25-12-14)13-26(2)22(23)16-11-15(24)7-8-18(16)27(3)19(22)29/h4-9,11-12,17H,1,10,13H2,2-3H3/t17-,22+,23-/m0/s1. The predicted octanol–water partition coefficient (Wildman–Crippen LogP) is 2.91. The molecule has 4 heterocycles. The first-order valence-corrected chi connectivity index (χ1v) is 11.4. The zero-order valence-corrected chi connectivity index (χ0v) is 19.3. The number of pyridine rings is 1. The first-order chi connectivity index (χ1) is 15.3. The molecule has 3 aliphatic rings. The van der Waals surface area contributed by atoms with Crippen molar-refractivity contribution in [1.82, 2.24) is 14.8 Å². The minimum Gasteiger partial charge on any atom is -0.313 e. The van der Waals surface area contributed by atoms with E-state index in [4.69, 9.17) is 12.2 Å². The third-order valence-electron chi connectivity index (χ3n) is 6.81. The number of halogens is 1. The number of aromatic nitrogens is 1. The van der Waals surface area contributed by atoms with Crippen molar-refractivity contribution in [3.05, 3.63) is 72.3 Å². The van der Waals surface area contributed by atoms with Crippen LogP contribution in [0.4, 0.5) is 10.1 Å². The first kappa shape index (κ1) is 21.2. The average Bonchev–Trinajstić information content (AvgIpc) is 3.28. The predicted molar refractivity (Wildman–Crippen MR) is 126 cm³/mol. The highest BCUT2D eigenvalue weighted by molar-refractivity contribution is 8.25. The van der Waals surface area contributed by atoms with Gasteiger partial charge in [-0.2, -0.15) is 0 Å². The summed E-state index contributed by atoms with van der Waals surface area (Å²) in [5, 5.41) is 0. The highest BCUT2D eigenvalue weighted by atomic mass is 32.2. The Morgan fingerprint density at radius 1 is 1.31 bits per heavy atom. The molecule has 5 rings (SSSR count). The van der Waals surface area contributed by atoms with Crippen LogP contribution in [0.3, 0.4) is 0 Å². The average molecular weight is 469 g/mol. The van der Waals surface area contributed by atoms with Crippen molar-refractivity contribution in [2.75, 3.05) is 32.1 Å². The van der Waals surface area contributed by atoms with Crippen molar-refractivity contribution in [3.8, 4) is 0 Å². The second-order valence-electron chi connectivity index (χ2n) is 8.26. The van der Waals surface area contributed by atoms with Crippen LogP contribution in [0.15, 0.2) is 55.4 Å². The summed E-state index contributed by atoms with van der Waals surface area (Å²) in [4.78, 5) is 37.5. The molecule has 0 saturated carbocycles. The van der Waals surface area contributed by atoms with Crippen molar-refractivity contribution in [2.24, 2.45) is 0 Å². The molecule has 2 saturated heterocycles. The van der Waals surface area contributed by atoms with E-state index in [1.165, 1.54) is 33.7 Å². The molecule has 2 spiro atoms. The lowest BCUT2D eigenvalue weighted by Crippen LogP contribution is -2.62. The Morgan fingerprint density at radius 3 is 2.78 bits per heavy atom. The van der Waals surface area contributed by atoms with E-state index in [0.717, 1.165) is 5.56 Å². The number of anilines is 1. The molecule has 0 aliphatic carbocycles. The Hall–Kier alpha value is -2.62. The van der Waals surface area contributed by atoms with E-state index in [1.54, 1.807) is 31.6 Å². The molecule has 164 valence electrons. The quantitative estimate of drug-likeness (QED) is 0.510. The van der Waals surface area contributed by atoms with Gasteiger partial charge in [0.1, 0.15) is 14.9 Å². The van der Waals surface area contributed by atoms with Crippen molar-refractivity contribution in [1.29, 1.82) is 0 Å². The van der Waals surface area contributed by atoms with Crippen LogP contribution in [0.5, 0.6) is 0 Å². The van der Waals surface area contributed by atoms with E-state index in [1.807, 2.05) is 24.1 Å². The van der Waals surface area contributed by atoms with Gasteiger partial charge in [-0.25, -0.2) is 4.39 Å². The van der Waals surface area contributed by atoms with Crippen LogP contribution < -0.4 is 4.90 Å². The zero-order chi connectivity index (χ0) is 22.8. The lowest BCUT2D eigenvalue weighted by molar-refractivity contribution is -0.138. The molecule has 9 heteroatoms. The summed E-state index contributed by atoms with van der Waals surface area (Å²) in [5.74, 6) is -1.38. The SMILES string of the molecule is C=CCN1C(=O)[C@@]2(SC1=S)[C@H](c1cccnc1)CN(C)[C@]21C(=O)N(C)c2ccc(F)cc21. The van der Waals surface area contributed by atoms with Gasteiger partial charge in [-0.05, 0) is 36.9 Å². The van der Waals surface area contributed by atoms with Gasteiger partial charge in [0.05, 0.1) is 0 Å². The summed E-state index contributed by atoms with van der Waals surface area (Å²) < 4.78 is 13.6. The zero-order valence-electron chi connectivity index (χ0n) is 17.6. The van der Waals surface area contributed by atoms with Crippen LogP contribution in [0.25, 0.3) is 0 Å². The van der Waals surface area contributed by atoms with Gasteiger partial charge in [-0.1, -0.05) is 36.1 Å². The van der Waals surface area contributed by atoms with E-state index in [9.17, 15) is 14.0 Å².